The van der Waals surface area contributed by atoms with Gasteiger partial charge in [0.05, 0.1) is 0 Å². The van der Waals surface area contributed by atoms with E-state index in [2.05, 4.69) is 16.0 Å². The van der Waals surface area contributed by atoms with Gasteiger partial charge >= 0.3 is 6.03 Å². The molecule has 0 unspecified atom stereocenters. The lowest BCUT2D eigenvalue weighted by molar-refractivity contribution is -0.114. The Labute approximate surface area is 125 Å². The van der Waals surface area contributed by atoms with Crippen molar-refractivity contribution >= 4 is 29.0 Å². The van der Waals surface area contributed by atoms with Gasteiger partial charge in [0.15, 0.2) is 11.6 Å². The molecule has 114 valence electrons. The van der Waals surface area contributed by atoms with Crippen LogP contribution < -0.4 is 16.0 Å². The normalized spacial score (nSPS) is 9.95. The van der Waals surface area contributed by atoms with E-state index in [0.717, 1.165) is 12.1 Å². The van der Waals surface area contributed by atoms with Crippen molar-refractivity contribution in [3.63, 3.8) is 0 Å². The van der Waals surface area contributed by atoms with E-state index < -0.39 is 17.7 Å². The lowest BCUT2D eigenvalue weighted by Crippen LogP contribution is -2.19. The molecule has 0 radical (unpaired) electrons. The highest BCUT2D eigenvalue weighted by Gasteiger charge is 2.07. The summed E-state index contributed by atoms with van der Waals surface area (Å²) in [7, 11) is 0. The van der Waals surface area contributed by atoms with E-state index in [4.69, 9.17) is 0 Å². The molecule has 7 heteroatoms. The zero-order valence-corrected chi connectivity index (χ0v) is 11.6. The van der Waals surface area contributed by atoms with Crippen LogP contribution in [-0.4, -0.2) is 11.9 Å². The van der Waals surface area contributed by atoms with Gasteiger partial charge in [0.2, 0.25) is 5.91 Å². The highest BCUT2D eigenvalue weighted by molar-refractivity contribution is 6.00. The molecule has 0 spiro atoms. The van der Waals surface area contributed by atoms with E-state index >= 15 is 0 Å². The fourth-order valence-electron chi connectivity index (χ4n) is 1.75. The zero-order valence-electron chi connectivity index (χ0n) is 11.6. The molecule has 3 amide bonds. The molecule has 0 saturated heterocycles. The maximum Gasteiger partial charge on any atom is 0.323 e. The van der Waals surface area contributed by atoms with Gasteiger partial charge in [0.25, 0.3) is 0 Å². The SMILES string of the molecule is CC(=O)Nc1cccc(NC(=O)Nc2ccc(F)c(F)c2)c1. The second-order valence-electron chi connectivity index (χ2n) is 4.47. The third-order valence-electron chi connectivity index (χ3n) is 2.62. The van der Waals surface area contributed by atoms with E-state index in [1.807, 2.05) is 0 Å². The van der Waals surface area contributed by atoms with E-state index in [-0.39, 0.29) is 11.6 Å². The molecule has 2 aromatic carbocycles. The molecule has 5 nitrogen and oxygen atoms in total. The van der Waals surface area contributed by atoms with Crippen LogP contribution in [0.1, 0.15) is 6.92 Å². The van der Waals surface area contributed by atoms with Crippen LogP contribution in [-0.2, 0) is 4.79 Å². The van der Waals surface area contributed by atoms with Gasteiger partial charge in [0, 0.05) is 30.1 Å². The summed E-state index contributed by atoms with van der Waals surface area (Å²) in [6, 6.07) is 8.92. The molecular formula is C15H13F2N3O2. The number of carbonyl (C=O) groups excluding carboxylic acids is 2. The fourth-order valence-corrected chi connectivity index (χ4v) is 1.75. The van der Waals surface area contributed by atoms with Gasteiger partial charge < -0.3 is 16.0 Å². The van der Waals surface area contributed by atoms with Gasteiger partial charge in [0.1, 0.15) is 0 Å². The molecule has 2 aromatic rings. The van der Waals surface area contributed by atoms with Gasteiger partial charge in [-0.05, 0) is 30.3 Å². The summed E-state index contributed by atoms with van der Waals surface area (Å²) >= 11 is 0. The first-order valence-electron chi connectivity index (χ1n) is 6.35. The Kier molecular flexibility index (Phi) is 4.67. The van der Waals surface area contributed by atoms with Crippen molar-refractivity contribution in [2.75, 3.05) is 16.0 Å². The minimum absolute atomic E-state index is 0.120. The fraction of sp³-hybridized carbons (Fsp3) is 0.0667. The third-order valence-corrected chi connectivity index (χ3v) is 2.62. The van der Waals surface area contributed by atoms with Crippen LogP contribution >= 0.6 is 0 Å². The monoisotopic (exact) mass is 305 g/mol. The Hall–Kier alpha value is -2.96. The largest absolute Gasteiger partial charge is 0.326 e. The van der Waals surface area contributed by atoms with Crippen molar-refractivity contribution in [1.82, 2.24) is 0 Å². The first-order valence-corrected chi connectivity index (χ1v) is 6.35. The Morgan fingerprint density at radius 1 is 0.818 bits per heavy atom. The zero-order chi connectivity index (χ0) is 16.1. The van der Waals surface area contributed by atoms with E-state index in [1.165, 1.54) is 13.0 Å². The standard InChI is InChI=1S/C15H13F2N3O2/c1-9(21)18-10-3-2-4-11(7-10)19-15(22)20-12-5-6-13(16)14(17)8-12/h2-8H,1H3,(H,18,21)(H2,19,20,22). The summed E-state index contributed by atoms with van der Waals surface area (Å²) in [5.41, 5.74) is 1.08. The topological polar surface area (TPSA) is 70.2 Å². The Bertz CT molecular complexity index is 720. The number of urea groups is 1. The van der Waals surface area contributed by atoms with Crippen molar-refractivity contribution < 1.29 is 18.4 Å². The predicted octanol–water partition coefficient (Wildman–Crippen LogP) is 3.57. The average Bonchev–Trinajstić information content (AvgIpc) is 2.42. The minimum atomic E-state index is -1.05. The molecular weight excluding hydrogens is 292 g/mol. The van der Waals surface area contributed by atoms with Crippen LogP contribution in [0.3, 0.4) is 0 Å². The predicted molar refractivity (Wildman–Crippen MR) is 79.7 cm³/mol. The third kappa shape index (κ3) is 4.27. The number of rotatable bonds is 3. The molecule has 0 fully saturated rings. The molecule has 0 atom stereocenters. The summed E-state index contributed by atoms with van der Waals surface area (Å²) < 4.78 is 25.8. The lowest BCUT2D eigenvalue weighted by atomic mass is 10.2. The second kappa shape index (κ2) is 6.66. The highest BCUT2D eigenvalue weighted by atomic mass is 19.2. The van der Waals surface area contributed by atoms with Crippen LogP contribution in [0.4, 0.5) is 30.6 Å². The molecule has 2 rings (SSSR count). The molecule has 22 heavy (non-hydrogen) atoms. The van der Waals surface area contributed by atoms with E-state index in [9.17, 15) is 18.4 Å². The quantitative estimate of drug-likeness (QED) is 0.811. The summed E-state index contributed by atoms with van der Waals surface area (Å²) in [4.78, 5) is 22.8. The molecule has 0 heterocycles. The maximum absolute atomic E-state index is 13.0. The number of amides is 3. The van der Waals surface area contributed by atoms with Gasteiger partial charge in [-0.3, -0.25) is 4.79 Å². The van der Waals surface area contributed by atoms with Crippen LogP contribution in [0.15, 0.2) is 42.5 Å². The van der Waals surface area contributed by atoms with Crippen LogP contribution in [0.25, 0.3) is 0 Å². The number of carbonyl (C=O) groups is 2. The molecule has 0 saturated carbocycles. The van der Waals surface area contributed by atoms with E-state index in [0.29, 0.717) is 11.4 Å². The molecule has 3 N–H and O–H groups in total. The highest BCUT2D eigenvalue weighted by Crippen LogP contribution is 2.16. The van der Waals surface area contributed by atoms with Crippen molar-refractivity contribution in [3.8, 4) is 0 Å². The van der Waals surface area contributed by atoms with Gasteiger partial charge in [-0.15, -0.1) is 0 Å². The molecule has 0 aliphatic carbocycles. The van der Waals surface area contributed by atoms with Crippen molar-refractivity contribution in [3.05, 3.63) is 54.1 Å². The second-order valence-corrected chi connectivity index (χ2v) is 4.47. The number of halogens is 2. The Morgan fingerprint density at radius 3 is 2.00 bits per heavy atom. The van der Waals surface area contributed by atoms with Gasteiger partial charge in [-0.1, -0.05) is 6.07 Å². The van der Waals surface area contributed by atoms with Gasteiger partial charge in [-0.2, -0.15) is 0 Å². The summed E-state index contributed by atoms with van der Waals surface area (Å²) in [5.74, 6) is -2.28. The van der Waals surface area contributed by atoms with Gasteiger partial charge in [-0.25, -0.2) is 13.6 Å². The first kappa shape index (κ1) is 15.4. The first-order chi connectivity index (χ1) is 10.4. The molecule has 0 bridgehead atoms. The lowest BCUT2D eigenvalue weighted by Gasteiger charge is -2.09. The smallest absolute Gasteiger partial charge is 0.323 e. The Balaban J connectivity index is 2.02. The molecule has 0 aliphatic rings. The summed E-state index contributed by atoms with van der Waals surface area (Å²) in [5, 5.41) is 7.48. The van der Waals surface area contributed by atoms with Crippen molar-refractivity contribution in [1.29, 1.82) is 0 Å². The maximum atomic E-state index is 13.0. The average molecular weight is 305 g/mol. The summed E-state index contributed by atoms with van der Waals surface area (Å²) in [6.07, 6.45) is 0. The van der Waals surface area contributed by atoms with Crippen LogP contribution in [0.5, 0.6) is 0 Å². The summed E-state index contributed by atoms with van der Waals surface area (Å²) in [6.45, 7) is 1.37. The number of hydrogen-bond donors (Lipinski definition) is 3. The minimum Gasteiger partial charge on any atom is -0.326 e. The van der Waals surface area contributed by atoms with E-state index in [1.54, 1.807) is 24.3 Å². The number of anilines is 3. The molecule has 0 aliphatic heterocycles. The van der Waals surface area contributed by atoms with Crippen molar-refractivity contribution in [2.45, 2.75) is 6.92 Å². The Morgan fingerprint density at radius 2 is 1.41 bits per heavy atom. The van der Waals surface area contributed by atoms with Crippen LogP contribution in [0.2, 0.25) is 0 Å². The number of nitrogens with one attached hydrogen (secondary N) is 3. The van der Waals surface area contributed by atoms with Crippen LogP contribution in [0, 0.1) is 11.6 Å². The number of hydrogen-bond acceptors (Lipinski definition) is 2. The number of benzene rings is 2. The molecule has 0 aromatic heterocycles. The van der Waals surface area contributed by atoms with Crippen molar-refractivity contribution in [2.24, 2.45) is 0 Å².